The van der Waals surface area contributed by atoms with E-state index in [2.05, 4.69) is 15.9 Å². The number of rotatable bonds is 10. The lowest BCUT2D eigenvalue weighted by molar-refractivity contribution is -0.139. The zero-order valence-electron chi connectivity index (χ0n) is 24.7. The molecule has 0 spiro atoms. The van der Waals surface area contributed by atoms with Gasteiger partial charge in [0.1, 0.15) is 11.8 Å². The number of halogens is 1. The van der Waals surface area contributed by atoms with Gasteiger partial charge in [-0.1, -0.05) is 55.0 Å². The Bertz CT molecular complexity index is 1910. The van der Waals surface area contributed by atoms with Gasteiger partial charge < -0.3 is 18.9 Å². The van der Waals surface area contributed by atoms with Gasteiger partial charge in [-0.25, -0.2) is 9.79 Å². The van der Waals surface area contributed by atoms with Crippen molar-refractivity contribution in [1.29, 1.82) is 0 Å². The van der Waals surface area contributed by atoms with E-state index in [-0.39, 0.29) is 12.2 Å². The normalized spacial score (nSPS) is 14.8. The predicted molar refractivity (Wildman–Crippen MR) is 172 cm³/mol. The molecule has 0 unspecified atom stereocenters. The number of benzene rings is 3. The van der Waals surface area contributed by atoms with Crippen LogP contribution in [0.1, 0.15) is 50.8 Å². The lowest BCUT2D eigenvalue weighted by Crippen LogP contribution is -2.40. The van der Waals surface area contributed by atoms with E-state index in [9.17, 15) is 9.59 Å². The maximum Gasteiger partial charge on any atom is 0.338 e. The minimum Gasteiger partial charge on any atom is -0.496 e. The second-order valence-electron chi connectivity index (χ2n) is 9.78. The molecular formula is C33H33BrN2O6S. The van der Waals surface area contributed by atoms with Gasteiger partial charge in [0, 0.05) is 5.56 Å². The maximum absolute atomic E-state index is 14.3. The first-order chi connectivity index (χ1) is 20.9. The van der Waals surface area contributed by atoms with Gasteiger partial charge in [-0.3, -0.25) is 9.36 Å². The molecule has 4 aromatic rings. The molecule has 1 aliphatic rings. The molecule has 2 heterocycles. The molecule has 0 bridgehead atoms. The molecule has 1 aliphatic heterocycles. The third kappa shape index (κ3) is 5.73. The Balaban J connectivity index is 1.84. The topological polar surface area (TPSA) is 88.4 Å². The molecule has 0 amide bonds. The Hall–Kier alpha value is -3.89. The standard InChI is InChI=1S/C33H33BrN2O6S/c1-6-11-23-28(32(38)42-8-3)29(27-21-13-10-9-12-20(21)14-15-24(27)39-4)36-31(37)26(43-33(36)35-23)18-19-16-22(34)30(40-5)25(17-19)41-7-2/h9-10,12-18,29H,6-8,11H2,1-5H3/b26-18-/t29-/m1/s1. The Kier molecular flexibility index (Phi) is 9.37. The summed E-state index contributed by atoms with van der Waals surface area (Å²) in [5, 5.41) is 1.84. The molecule has 0 N–H and O–H groups in total. The fraction of sp³-hybridized carbons (Fsp3) is 0.303. The number of fused-ring (bicyclic) bond motifs is 2. The van der Waals surface area contributed by atoms with Crippen molar-refractivity contribution in [3.8, 4) is 17.2 Å². The molecule has 0 saturated carbocycles. The number of carbonyl (C=O) groups excluding carboxylic acids is 1. The molecule has 1 atom stereocenters. The summed E-state index contributed by atoms with van der Waals surface area (Å²) in [5.74, 6) is 1.21. The Morgan fingerprint density at radius 3 is 2.53 bits per heavy atom. The van der Waals surface area contributed by atoms with Crippen LogP contribution in [-0.2, 0) is 9.53 Å². The van der Waals surface area contributed by atoms with Crippen LogP contribution in [0.5, 0.6) is 17.2 Å². The first kappa shape index (κ1) is 30.6. The van der Waals surface area contributed by atoms with Gasteiger partial charge in [-0.2, -0.15) is 0 Å². The van der Waals surface area contributed by atoms with Gasteiger partial charge in [0.15, 0.2) is 16.3 Å². The van der Waals surface area contributed by atoms with Gasteiger partial charge in [-0.05, 0) is 76.8 Å². The fourth-order valence-electron chi connectivity index (χ4n) is 5.41. The summed E-state index contributed by atoms with van der Waals surface area (Å²) in [6.45, 7) is 6.35. The predicted octanol–water partition coefficient (Wildman–Crippen LogP) is 5.91. The molecule has 10 heteroatoms. The number of hydrogen-bond acceptors (Lipinski definition) is 8. The fourth-order valence-corrected chi connectivity index (χ4v) is 7.05. The average molecular weight is 666 g/mol. The summed E-state index contributed by atoms with van der Waals surface area (Å²) in [7, 11) is 3.17. The van der Waals surface area contributed by atoms with E-state index in [1.54, 1.807) is 25.7 Å². The van der Waals surface area contributed by atoms with Gasteiger partial charge in [0.2, 0.25) is 0 Å². The molecule has 0 saturated heterocycles. The lowest BCUT2D eigenvalue weighted by Gasteiger charge is -2.28. The largest absolute Gasteiger partial charge is 0.496 e. The molecule has 5 rings (SSSR count). The average Bonchev–Trinajstić information content (AvgIpc) is 3.30. The number of thiazole rings is 1. The van der Waals surface area contributed by atoms with Crippen LogP contribution >= 0.6 is 27.3 Å². The van der Waals surface area contributed by atoms with Crippen LogP contribution in [0.25, 0.3) is 16.8 Å². The summed E-state index contributed by atoms with van der Waals surface area (Å²) >= 11 is 4.84. The Morgan fingerprint density at radius 1 is 1.05 bits per heavy atom. The highest BCUT2D eigenvalue weighted by molar-refractivity contribution is 9.10. The van der Waals surface area contributed by atoms with Crippen molar-refractivity contribution >= 4 is 50.1 Å². The van der Waals surface area contributed by atoms with Gasteiger partial charge in [0.25, 0.3) is 5.56 Å². The molecule has 8 nitrogen and oxygen atoms in total. The van der Waals surface area contributed by atoms with E-state index in [0.717, 1.165) is 22.8 Å². The maximum atomic E-state index is 14.3. The molecule has 1 aromatic heterocycles. The van der Waals surface area contributed by atoms with E-state index < -0.39 is 12.0 Å². The third-order valence-corrected chi connectivity index (χ3v) is 8.72. The smallest absolute Gasteiger partial charge is 0.338 e. The van der Waals surface area contributed by atoms with Crippen LogP contribution in [0.15, 0.2) is 74.1 Å². The van der Waals surface area contributed by atoms with Gasteiger partial charge in [-0.15, -0.1) is 0 Å². The molecular weight excluding hydrogens is 632 g/mol. The third-order valence-electron chi connectivity index (χ3n) is 7.15. The van der Waals surface area contributed by atoms with E-state index >= 15 is 0 Å². The molecule has 0 aliphatic carbocycles. The SMILES string of the molecule is CCCC1=C(C(=O)OCC)[C@@H](c2c(OC)ccc3ccccc23)n2c(s/c(=C\c3cc(Br)c(OC)c(OCC)c3)c2=O)=N1. The number of hydrogen-bond donors (Lipinski definition) is 0. The number of nitrogens with zero attached hydrogens (tertiary/aromatic N) is 2. The molecule has 0 radical (unpaired) electrons. The number of aromatic nitrogens is 1. The summed E-state index contributed by atoms with van der Waals surface area (Å²) < 4.78 is 25.5. The van der Waals surface area contributed by atoms with Crippen molar-refractivity contribution in [2.75, 3.05) is 27.4 Å². The number of ether oxygens (including phenoxy) is 4. The first-order valence-corrected chi connectivity index (χ1v) is 15.8. The number of allylic oxidation sites excluding steroid dienone is 1. The minimum atomic E-state index is -0.804. The highest BCUT2D eigenvalue weighted by Gasteiger charge is 2.37. The van der Waals surface area contributed by atoms with Crippen LogP contribution in [0.4, 0.5) is 0 Å². The van der Waals surface area contributed by atoms with Crippen molar-refractivity contribution in [3.05, 3.63) is 95.1 Å². The van der Waals surface area contributed by atoms with Crippen molar-refractivity contribution in [3.63, 3.8) is 0 Å². The van der Waals surface area contributed by atoms with E-state index in [4.69, 9.17) is 23.9 Å². The minimum absolute atomic E-state index is 0.195. The second kappa shape index (κ2) is 13.2. The number of esters is 1. The summed E-state index contributed by atoms with van der Waals surface area (Å²) in [4.78, 5) is 33.4. The van der Waals surface area contributed by atoms with E-state index in [1.165, 1.54) is 11.3 Å². The van der Waals surface area contributed by atoms with Crippen molar-refractivity contribution in [2.24, 2.45) is 4.99 Å². The van der Waals surface area contributed by atoms with E-state index in [0.29, 0.717) is 60.9 Å². The molecule has 3 aromatic carbocycles. The van der Waals surface area contributed by atoms with Gasteiger partial charge >= 0.3 is 5.97 Å². The second-order valence-corrected chi connectivity index (χ2v) is 11.6. The van der Waals surface area contributed by atoms with Crippen LogP contribution < -0.4 is 29.1 Å². The summed E-state index contributed by atoms with van der Waals surface area (Å²) in [6, 6.07) is 14.6. The van der Waals surface area contributed by atoms with E-state index in [1.807, 2.05) is 68.5 Å². The quantitative estimate of drug-likeness (QED) is 0.196. The highest BCUT2D eigenvalue weighted by atomic mass is 79.9. The van der Waals surface area contributed by atoms with Crippen molar-refractivity contribution in [1.82, 2.24) is 4.57 Å². The van der Waals surface area contributed by atoms with Gasteiger partial charge in [0.05, 0.1) is 47.7 Å². The van der Waals surface area contributed by atoms with Crippen LogP contribution in [0.2, 0.25) is 0 Å². The van der Waals surface area contributed by atoms with Crippen molar-refractivity contribution in [2.45, 2.75) is 39.7 Å². The lowest BCUT2D eigenvalue weighted by atomic mass is 9.90. The highest BCUT2D eigenvalue weighted by Crippen LogP contribution is 2.41. The Labute approximate surface area is 262 Å². The zero-order chi connectivity index (χ0) is 30.7. The number of methoxy groups -OCH3 is 2. The first-order valence-electron chi connectivity index (χ1n) is 14.1. The summed E-state index contributed by atoms with van der Waals surface area (Å²) in [5.41, 5.74) is 2.15. The van der Waals surface area contributed by atoms with Crippen molar-refractivity contribution < 1.29 is 23.7 Å². The number of carbonyl (C=O) groups is 1. The molecule has 0 fully saturated rings. The monoisotopic (exact) mass is 664 g/mol. The Morgan fingerprint density at radius 2 is 1.84 bits per heavy atom. The molecule has 43 heavy (non-hydrogen) atoms. The zero-order valence-corrected chi connectivity index (χ0v) is 27.1. The van der Waals surface area contributed by atoms with Crippen LogP contribution in [0.3, 0.4) is 0 Å². The molecule has 224 valence electrons. The summed E-state index contributed by atoms with van der Waals surface area (Å²) in [6.07, 6.45) is 3.11. The van der Waals surface area contributed by atoms with Crippen LogP contribution in [-0.4, -0.2) is 38.0 Å². The van der Waals surface area contributed by atoms with Crippen LogP contribution in [0, 0.1) is 0 Å².